The molecule has 0 aromatic heterocycles. The minimum atomic E-state index is -1.44. The molecule has 1 aromatic carbocycles. The highest BCUT2D eigenvalue weighted by Crippen LogP contribution is 2.24. The van der Waals surface area contributed by atoms with Gasteiger partial charge >= 0.3 is 5.97 Å². The molecule has 0 spiro atoms. The summed E-state index contributed by atoms with van der Waals surface area (Å²) in [6, 6.07) is 3.32. The number of likely N-dealkylation sites (N-methyl/N-ethyl adjacent to an activating group) is 1. The van der Waals surface area contributed by atoms with Gasteiger partial charge in [-0.15, -0.1) is 0 Å². The first-order valence-electron chi connectivity index (χ1n) is 5.63. The van der Waals surface area contributed by atoms with Crippen LogP contribution in [0.15, 0.2) is 18.2 Å². The Morgan fingerprint density at radius 3 is 2.45 bits per heavy atom. The maximum atomic E-state index is 11.6. The van der Waals surface area contributed by atoms with Gasteiger partial charge in [-0.3, -0.25) is 14.9 Å². The first-order chi connectivity index (χ1) is 9.23. The molecule has 0 aliphatic rings. The monoisotopic (exact) mass is 282 g/mol. The van der Waals surface area contributed by atoms with Crippen LogP contribution in [0.5, 0.6) is 5.75 Å². The summed E-state index contributed by atoms with van der Waals surface area (Å²) in [5.74, 6) is -1.66. The molecular formula is C12H14N2O6. The molecule has 1 rings (SSSR count). The molecule has 0 bridgehead atoms. The Morgan fingerprint density at radius 2 is 2.00 bits per heavy atom. The molecule has 0 radical (unpaired) electrons. The molecule has 1 N–H and O–H groups in total. The van der Waals surface area contributed by atoms with Gasteiger partial charge in [-0.1, -0.05) is 0 Å². The van der Waals surface area contributed by atoms with Crippen LogP contribution in [0.1, 0.15) is 17.3 Å². The Morgan fingerprint density at radius 1 is 1.40 bits per heavy atom. The van der Waals surface area contributed by atoms with Gasteiger partial charge in [-0.2, -0.15) is 0 Å². The second kappa shape index (κ2) is 6.00. The highest BCUT2D eigenvalue weighted by molar-refractivity contribution is 5.92. The van der Waals surface area contributed by atoms with Crippen LogP contribution < -0.4 is 4.74 Å². The lowest BCUT2D eigenvalue weighted by atomic mass is 10.1. The van der Waals surface area contributed by atoms with E-state index in [1.54, 1.807) is 14.1 Å². The highest BCUT2D eigenvalue weighted by Gasteiger charge is 2.22. The van der Waals surface area contributed by atoms with Crippen molar-refractivity contribution in [1.29, 1.82) is 0 Å². The van der Waals surface area contributed by atoms with Crippen LogP contribution in [0, 0.1) is 10.1 Å². The summed E-state index contributed by atoms with van der Waals surface area (Å²) in [6.07, 6.45) is -0.826. The van der Waals surface area contributed by atoms with Gasteiger partial charge < -0.3 is 14.7 Å². The first-order valence-corrected chi connectivity index (χ1v) is 5.63. The van der Waals surface area contributed by atoms with E-state index in [4.69, 9.17) is 9.84 Å². The van der Waals surface area contributed by atoms with Crippen molar-refractivity contribution in [3.8, 4) is 5.75 Å². The topological polar surface area (TPSA) is 110 Å². The number of rotatable bonds is 5. The van der Waals surface area contributed by atoms with E-state index in [1.165, 1.54) is 17.9 Å². The third-order valence-electron chi connectivity index (χ3n) is 2.50. The van der Waals surface area contributed by atoms with Crippen molar-refractivity contribution in [2.75, 3.05) is 14.1 Å². The van der Waals surface area contributed by atoms with E-state index in [9.17, 15) is 19.7 Å². The van der Waals surface area contributed by atoms with E-state index < -0.39 is 28.2 Å². The molecule has 0 saturated carbocycles. The van der Waals surface area contributed by atoms with Gasteiger partial charge in [0.1, 0.15) is 11.3 Å². The number of carboxylic acid groups (broad SMARTS) is 1. The van der Waals surface area contributed by atoms with Crippen molar-refractivity contribution >= 4 is 17.6 Å². The number of hydrogen-bond donors (Lipinski definition) is 1. The summed E-state index contributed by atoms with van der Waals surface area (Å²) in [4.78, 5) is 33.8. The molecule has 1 atom stereocenters. The minimum absolute atomic E-state index is 0.0794. The predicted molar refractivity (Wildman–Crippen MR) is 68.8 cm³/mol. The molecule has 1 unspecified atom stereocenters. The second-order valence-corrected chi connectivity index (χ2v) is 4.23. The number of carboxylic acids is 1. The third kappa shape index (κ3) is 3.44. The van der Waals surface area contributed by atoms with E-state index >= 15 is 0 Å². The molecule has 20 heavy (non-hydrogen) atoms. The summed E-state index contributed by atoms with van der Waals surface area (Å²) in [7, 11) is 3.11. The quantitative estimate of drug-likeness (QED) is 0.640. The predicted octanol–water partition coefficient (Wildman–Crippen LogP) is 1.15. The number of nitro benzene ring substituents is 1. The van der Waals surface area contributed by atoms with Gasteiger partial charge in [0, 0.05) is 26.2 Å². The number of nitrogens with zero attached hydrogens (tertiary/aromatic N) is 2. The fourth-order valence-electron chi connectivity index (χ4n) is 1.54. The van der Waals surface area contributed by atoms with Crippen molar-refractivity contribution in [3.63, 3.8) is 0 Å². The zero-order valence-corrected chi connectivity index (χ0v) is 11.2. The highest BCUT2D eigenvalue weighted by atomic mass is 16.6. The van der Waals surface area contributed by atoms with E-state index in [-0.39, 0.29) is 11.7 Å². The van der Waals surface area contributed by atoms with Crippen molar-refractivity contribution in [3.05, 3.63) is 33.9 Å². The van der Waals surface area contributed by atoms with E-state index in [1.807, 2.05) is 0 Å². The smallest absolute Gasteiger partial charge is 0.342 e. The number of carbonyl (C=O) groups is 2. The largest absolute Gasteiger partial charge is 0.481 e. The zero-order chi connectivity index (χ0) is 15.4. The molecule has 108 valence electrons. The van der Waals surface area contributed by atoms with Gasteiger partial charge in [0.15, 0.2) is 6.10 Å². The molecule has 8 nitrogen and oxygen atoms in total. The zero-order valence-electron chi connectivity index (χ0n) is 11.2. The number of aromatic carboxylic acids is 1. The lowest BCUT2D eigenvalue weighted by Crippen LogP contribution is -2.35. The lowest BCUT2D eigenvalue weighted by molar-refractivity contribution is -0.385. The number of carbonyl (C=O) groups excluding carboxylic acids is 1. The Kier molecular flexibility index (Phi) is 4.63. The molecule has 0 saturated heterocycles. The molecule has 0 aliphatic carbocycles. The third-order valence-corrected chi connectivity index (χ3v) is 2.50. The van der Waals surface area contributed by atoms with E-state index in [2.05, 4.69) is 0 Å². The Bertz CT molecular complexity index is 555. The van der Waals surface area contributed by atoms with Crippen LogP contribution in [0.2, 0.25) is 0 Å². The van der Waals surface area contributed by atoms with E-state index in [0.29, 0.717) is 0 Å². The van der Waals surface area contributed by atoms with Gasteiger partial charge in [0.25, 0.3) is 11.6 Å². The Labute approximate surface area is 114 Å². The molecule has 0 aliphatic heterocycles. The SMILES string of the molecule is CC(Oc1ccc([N+](=O)[O-])c(C(=O)O)c1)C(=O)N(C)C. The molecule has 8 heteroatoms. The Balaban J connectivity index is 3.04. The molecule has 1 amide bonds. The summed E-state index contributed by atoms with van der Waals surface area (Å²) in [5, 5.41) is 19.6. The molecule has 0 heterocycles. The number of amides is 1. The summed E-state index contributed by atoms with van der Waals surface area (Å²) >= 11 is 0. The molecule has 1 aromatic rings. The number of ether oxygens (including phenoxy) is 1. The van der Waals surface area contributed by atoms with Crippen molar-refractivity contribution in [2.24, 2.45) is 0 Å². The van der Waals surface area contributed by atoms with Crippen LogP contribution in [-0.2, 0) is 4.79 Å². The van der Waals surface area contributed by atoms with Crippen LogP contribution in [0.3, 0.4) is 0 Å². The summed E-state index contributed by atoms with van der Waals surface area (Å²) in [6.45, 7) is 1.50. The molecule has 0 fully saturated rings. The van der Waals surface area contributed by atoms with Crippen molar-refractivity contribution < 1.29 is 24.4 Å². The van der Waals surface area contributed by atoms with Gasteiger partial charge in [-0.25, -0.2) is 4.79 Å². The van der Waals surface area contributed by atoms with Crippen LogP contribution >= 0.6 is 0 Å². The fourth-order valence-corrected chi connectivity index (χ4v) is 1.54. The Hall–Kier alpha value is -2.64. The normalized spacial score (nSPS) is 11.6. The average Bonchev–Trinajstić information content (AvgIpc) is 2.37. The summed E-state index contributed by atoms with van der Waals surface area (Å²) in [5.41, 5.74) is -1.02. The fraction of sp³-hybridized carbons (Fsp3) is 0.333. The van der Waals surface area contributed by atoms with E-state index in [0.717, 1.165) is 12.1 Å². The first kappa shape index (κ1) is 15.4. The minimum Gasteiger partial charge on any atom is -0.481 e. The number of benzene rings is 1. The van der Waals surface area contributed by atoms with Crippen LogP contribution in [0.25, 0.3) is 0 Å². The molecular weight excluding hydrogens is 268 g/mol. The second-order valence-electron chi connectivity index (χ2n) is 4.23. The lowest BCUT2D eigenvalue weighted by Gasteiger charge is -2.18. The van der Waals surface area contributed by atoms with Gasteiger partial charge in [-0.05, 0) is 13.0 Å². The van der Waals surface area contributed by atoms with Crippen molar-refractivity contribution in [1.82, 2.24) is 4.90 Å². The maximum absolute atomic E-state index is 11.6. The van der Waals surface area contributed by atoms with Crippen LogP contribution in [-0.4, -0.2) is 47.0 Å². The van der Waals surface area contributed by atoms with Gasteiger partial charge in [0.05, 0.1) is 4.92 Å². The number of nitro groups is 1. The van der Waals surface area contributed by atoms with Gasteiger partial charge in [0.2, 0.25) is 0 Å². The maximum Gasteiger partial charge on any atom is 0.342 e. The number of hydrogen-bond acceptors (Lipinski definition) is 5. The van der Waals surface area contributed by atoms with Crippen LogP contribution in [0.4, 0.5) is 5.69 Å². The standard InChI is InChI=1S/C12H14N2O6/c1-7(11(15)13(2)3)20-8-4-5-10(14(18)19)9(6-8)12(16)17/h4-7H,1-3H3,(H,16,17). The summed E-state index contributed by atoms with van der Waals surface area (Å²) < 4.78 is 5.29. The van der Waals surface area contributed by atoms with Crippen molar-refractivity contribution in [2.45, 2.75) is 13.0 Å². The average molecular weight is 282 g/mol.